The lowest BCUT2D eigenvalue weighted by molar-refractivity contribution is 0.896. The lowest BCUT2D eigenvalue weighted by atomic mass is 10.2. The van der Waals surface area contributed by atoms with Gasteiger partial charge in [0.15, 0.2) is 0 Å². The highest BCUT2D eigenvalue weighted by Crippen LogP contribution is 2.24. The number of hydrogen-bond acceptors (Lipinski definition) is 1. The van der Waals surface area contributed by atoms with Crippen LogP contribution in [-0.2, 0) is 0 Å². The SMILES string of the molecule is CCCCSc1cc(C)ccc1C. The molecule has 0 heterocycles. The van der Waals surface area contributed by atoms with Crippen molar-refractivity contribution in [3.05, 3.63) is 29.3 Å². The van der Waals surface area contributed by atoms with E-state index in [0.717, 1.165) is 0 Å². The van der Waals surface area contributed by atoms with Gasteiger partial charge in [0, 0.05) is 4.90 Å². The summed E-state index contributed by atoms with van der Waals surface area (Å²) in [6.45, 7) is 6.58. The van der Waals surface area contributed by atoms with Crippen molar-refractivity contribution in [2.24, 2.45) is 0 Å². The van der Waals surface area contributed by atoms with Crippen molar-refractivity contribution in [2.45, 2.75) is 38.5 Å². The van der Waals surface area contributed by atoms with Crippen LogP contribution in [0.5, 0.6) is 0 Å². The summed E-state index contributed by atoms with van der Waals surface area (Å²) < 4.78 is 0. The van der Waals surface area contributed by atoms with E-state index in [1.54, 1.807) is 0 Å². The van der Waals surface area contributed by atoms with Crippen molar-refractivity contribution in [3.8, 4) is 0 Å². The first-order valence-corrected chi connectivity index (χ1v) is 5.92. The third-order valence-corrected chi connectivity index (χ3v) is 3.34. The van der Waals surface area contributed by atoms with Crippen LogP contribution in [0.4, 0.5) is 0 Å². The summed E-state index contributed by atoms with van der Waals surface area (Å²) in [4.78, 5) is 1.45. The average Bonchev–Trinajstić information content (AvgIpc) is 2.11. The van der Waals surface area contributed by atoms with Gasteiger partial charge in [0.1, 0.15) is 0 Å². The molecule has 13 heavy (non-hydrogen) atoms. The molecule has 0 radical (unpaired) electrons. The Bertz CT molecular complexity index is 266. The van der Waals surface area contributed by atoms with Crippen LogP contribution in [0.15, 0.2) is 23.1 Å². The molecular weight excluding hydrogens is 176 g/mol. The Labute approximate surface area is 85.7 Å². The Balaban J connectivity index is 2.59. The van der Waals surface area contributed by atoms with E-state index in [-0.39, 0.29) is 0 Å². The van der Waals surface area contributed by atoms with E-state index in [1.807, 2.05) is 11.8 Å². The van der Waals surface area contributed by atoms with Crippen LogP contribution in [0.2, 0.25) is 0 Å². The maximum Gasteiger partial charge on any atom is 0.0104 e. The minimum absolute atomic E-state index is 1.25. The van der Waals surface area contributed by atoms with Gasteiger partial charge in [-0.1, -0.05) is 31.0 Å². The number of hydrogen-bond donors (Lipinski definition) is 0. The Kier molecular flexibility index (Phi) is 4.37. The van der Waals surface area contributed by atoms with Crippen LogP contribution in [-0.4, -0.2) is 5.75 Å². The zero-order chi connectivity index (χ0) is 9.68. The molecular formula is C12H18S. The smallest absolute Gasteiger partial charge is 0.0104 e. The zero-order valence-electron chi connectivity index (χ0n) is 8.76. The largest absolute Gasteiger partial charge is 0.126 e. The third-order valence-electron chi connectivity index (χ3n) is 2.10. The fourth-order valence-electron chi connectivity index (χ4n) is 1.19. The monoisotopic (exact) mass is 194 g/mol. The van der Waals surface area contributed by atoms with Crippen molar-refractivity contribution >= 4 is 11.8 Å². The average molecular weight is 194 g/mol. The number of benzene rings is 1. The van der Waals surface area contributed by atoms with E-state index in [4.69, 9.17) is 0 Å². The summed E-state index contributed by atoms with van der Waals surface area (Å²) in [7, 11) is 0. The normalized spacial score (nSPS) is 10.4. The topological polar surface area (TPSA) is 0 Å². The van der Waals surface area contributed by atoms with Gasteiger partial charge in [0.2, 0.25) is 0 Å². The zero-order valence-corrected chi connectivity index (χ0v) is 9.58. The molecule has 0 saturated carbocycles. The molecule has 1 aromatic rings. The summed E-state index contributed by atoms with van der Waals surface area (Å²) in [6, 6.07) is 6.68. The second-order valence-corrected chi connectivity index (χ2v) is 4.61. The quantitative estimate of drug-likeness (QED) is 0.511. The maximum atomic E-state index is 2.29. The van der Waals surface area contributed by atoms with Gasteiger partial charge in [-0.05, 0) is 37.7 Å². The molecule has 0 nitrogen and oxygen atoms in total. The molecule has 1 rings (SSSR count). The molecule has 0 amide bonds. The van der Waals surface area contributed by atoms with Crippen molar-refractivity contribution in [1.82, 2.24) is 0 Å². The summed E-state index contributed by atoms with van der Waals surface area (Å²) in [5, 5.41) is 0. The number of aryl methyl sites for hydroxylation is 2. The van der Waals surface area contributed by atoms with E-state index in [0.29, 0.717) is 0 Å². The van der Waals surface area contributed by atoms with E-state index < -0.39 is 0 Å². The molecule has 0 aromatic heterocycles. The molecule has 0 aliphatic heterocycles. The predicted octanol–water partition coefficient (Wildman–Crippen LogP) is 4.20. The Morgan fingerprint density at radius 3 is 2.69 bits per heavy atom. The van der Waals surface area contributed by atoms with Gasteiger partial charge in [-0.15, -0.1) is 11.8 Å². The Morgan fingerprint density at radius 2 is 2.00 bits per heavy atom. The first-order chi connectivity index (χ1) is 6.24. The van der Waals surface area contributed by atoms with Gasteiger partial charge in [-0.2, -0.15) is 0 Å². The fourth-order valence-corrected chi connectivity index (χ4v) is 2.41. The minimum atomic E-state index is 1.25. The molecule has 0 saturated heterocycles. The van der Waals surface area contributed by atoms with Gasteiger partial charge in [-0.3, -0.25) is 0 Å². The molecule has 72 valence electrons. The lowest BCUT2D eigenvalue weighted by Gasteiger charge is -2.05. The first-order valence-electron chi connectivity index (χ1n) is 4.94. The lowest BCUT2D eigenvalue weighted by Crippen LogP contribution is -1.84. The molecule has 1 aromatic carbocycles. The van der Waals surface area contributed by atoms with Gasteiger partial charge in [-0.25, -0.2) is 0 Å². The van der Waals surface area contributed by atoms with Crippen LogP contribution in [0.25, 0.3) is 0 Å². The highest BCUT2D eigenvalue weighted by Gasteiger charge is 1.98. The Hall–Kier alpha value is -0.430. The van der Waals surface area contributed by atoms with Crippen LogP contribution in [0.3, 0.4) is 0 Å². The molecule has 0 atom stereocenters. The summed E-state index contributed by atoms with van der Waals surface area (Å²) in [6.07, 6.45) is 2.61. The van der Waals surface area contributed by atoms with Crippen LogP contribution < -0.4 is 0 Å². The fraction of sp³-hybridized carbons (Fsp3) is 0.500. The summed E-state index contributed by atoms with van der Waals surface area (Å²) in [5.74, 6) is 1.25. The van der Waals surface area contributed by atoms with Crippen molar-refractivity contribution in [2.75, 3.05) is 5.75 Å². The highest BCUT2D eigenvalue weighted by molar-refractivity contribution is 7.99. The van der Waals surface area contributed by atoms with Gasteiger partial charge in [0.05, 0.1) is 0 Å². The van der Waals surface area contributed by atoms with E-state index in [1.165, 1.54) is 34.6 Å². The van der Waals surface area contributed by atoms with Crippen LogP contribution in [0, 0.1) is 13.8 Å². The predicted molar refractivity (Wildman–Crippen MR) is 61.5 cm³/mol. The summed E-state index contributed by atoms with van der Waals surface area (Å²) in [5.41, 5.74) is 2.77. The van der Waals surface area contributed by atoms with Crippen molar-refractivity contribution in [1.29, 1.82) is 0 Å². The van der Waals surface area contributed by atoms with E-state index in [2.05, 4.69) is 39.0 Å². The Morgan fingerprint density at radius 1 is 1.23 bits per heavy atom. The number of rotatable bonds is 4. The van der Waals surface area contributed by atoms with E-state index in [9.17, 15) is 0 Å². The number of unbranched alkanes of at least 4 members (excludes halogenated alkanes) is 1. The maximum absolute atomic E-state index is 2.29. The molecule has 0 unspecified atom stereocenters. The third kappa shape index (κ3) is 3.43. The first kappa shape index (κ1) is 10.6. The standard InChI is InChI=1S/C12H18S/c1-4-5-8-13-12-9-10(2)6-7-11(12)3/h6-7,9H,4-5,8H2,1-3H3. The van der Waals surface area contributed by atoms with Gasteiger partial charge >= 0.3 is 0 Å². The molecule has 1 heteroatoms. The van der Waals surface area contributed by atoms with Gasteiger partial charge < -0.3 is 0 Å². The second kappa shape index (κ2) is 5.33. The van der Waals surface area contributed by atoms with Crippen molar-refractivity contribution in [3.63, 3.8) is 0 Å². The molecule has 0 aliphatic carbocycles. The second-order valence-electron chi connectivity index (χ2n) is 3.47. The van der Waals surface area contributed by atoms with E-state index >= 15 is 0 Å². The van der Waals surface area contributed by atoms with Crippen LogP contribution in [0.1, 0.15) is 30.9 Å². The minimum Gasteiger partial charge on any atom is -0.126 e. The van der Waals surface area contributed by atoms with Crippen LogP contribution >= 0.6 is 11.8 Å². The highest BCUT2D eigenvalue weighted by atomic mass is 32.2. The molecule has 0 aliphatic rings. The molecule has 0 bridgehead atoms. The van der Waals surface area contributed by atoms with Gasteiger partial charge in [0.25, 0.3) is 0 Å². The molecule has 0 fully saturated rings. The summed E-state index contributed by atoms with van der Waals surface area (Å²) >= 11 is 1.99. The van der Waals surface area contributed by atoms with Crippen molar-refractivity contribution < 1.29 is 0 Å². The molecule has 0 N–H and O–H groups in total. The number of thioether (sulfide) groups is 1. The molecule has 0 spiro atoms.